The largest absolute Gasteiger partial charge is 0.341 e. The van der Waals surface area contributed by atoms with Crippen LogP contribution >= 0.6 is 11.3 Å². The van der Waals surface area contributed by atoms with Crippen LogP contribution in [-0.2, 0) is 17.8 Å². The van der Waals surface area contributed by atoms with Crippen LogP contribution in [0.5, 0.6) is 0 Å². The third-order valence-corrected chi connectivity index (χ3v) is 5.84. The predicted octanol–water partition coefficient (Wildman–Crippen LogP) is 2.46. The van der Waals surface area contributed by atoms with Crippen LogP contribution in [0.4, 0.5) is 0 Å². The van der Waals surface area contributed by atoms with Gasteiger partial charge in [0.1, 0.15) is 0 Å². The van der Waals surface area contributed by atoms with Crippen molar-refractivity contribution in [3.63, 3.8) is 0 Å². The van der Waals surface area contributed by atoms with Gasteiger partial charge in [0.05, 0.1) is 10.7 Å². The number of thiazole rings is 1. The molecule has 0 unspecified atom stereocenters. The van der Waals surface area contributed by atoms with Crippen LogP contribution in [0.15, 0.2) is 0 Å². The summed E-state index contributed by atoms with van der Waals surface area (Å²) >= 11 is 1.84. The number of carbonyl (C=O) groups is 1. The zero-order valence-corrected chi connectivity index (χ0v) is 14.1. The summed E-state index contributed by atoms with van der Waals surface area (Å²) in [5, 5.41) is 1.17. The van der Waals surface area contributed by atoms with E-state index in [1.807, 2.05) is 11.3 Å². The van der Waals surface area contributed by atoms with Crippen LogP contribution in [0.25, 0.3) is 0 Å². The molecule has 21 heavy (non-hydrogen) atoms. The number of rotatable bonds is 3. The fraction of sp³-hybridized carbons (Fsp3) is 0.750. The van der Waals surface area contributed by atoms with Crippen molar-refractivity contribution >= 4 is 17.2 Å². The quantitative estimate of drug-likeness (QED) is 0.860. The first kappa shape index (κ1) is 15.0. The van der Waals surface area contributed by atoms with E-state index in [1.54, 1.807) is 6.92 Å². The summed E-state index contributed by atoms with van der Waals surface area (Å²) in [5.74, 6) is 0.878. The van der Waals surface area contributed by atoms with Gasteiger partial charge in [0.15, 0.2) is 0 Å². The monoisotopic (exact) mass is 307 g/mol. The van der Waals surface area contributed by atoms with E-state index in [1.165, 1.54) is 28.4 Å². The van der Waals surface area contributed by atoms with Crippen LogP contribution in [0, 0.1) is 12.8 Å². The van der Waals surface area contributed by atoms with Crippen molar-refractivity contribution in [3.05, 3.63) is 15.6 Å². The molecular formula is C16H25N3OS. The second-order valence-electron chi connectivity index (χ2n) is 6.41. The maximum atomic E-state index is 11.7. The number of hydrogen-bond acceptors (Lipinski definition) is 4. The van der Waals surface area contributed by atoms with Crippen molar-refractivity contribution < 1.29 is 4.79 Å². The Kier molecular flexibility index (Phi) is 4.31. The van der Waals surface area contributed by atoms with Gasteiger partial charge in [-0.15, -0.1) is 11.3 Å². The molecule has 4 rings (SSSR count). The molecule has 4 nitrogen and oxygen atoms in total. The van der Waals surface area contributed by atoms with E-state index in [-0.39, 0.29) is 5.91 Å². The summed E-state index contributed by atoms with van der Waals surface area (Å²) < 4.78 is 0. The first-order chi connectivity index (χ1) is 10.1. The van der Waals surface area contributed by atoms with Crippen molar-refractivity contribution in [2.75, 3.05) is 19.6 Å². The summed E-state index contributed by atoms with van der Waals surface area (Å²) in [6, 6.07) is 0.528. The highest BCUT2D eigenvalue weighted by Gasteiger charge is 2.35. The van der Waals surface area contributed by atoms with Crippen molar-refractivity contribution in [1.29, 1.82) is 0 Å². The fourth-order valence-corrected chi connectivity index (χ4v) is 4.78. The summed E-state index contributed by atoms with van der Waals surface area (Å²) in [7, 11) is 0. The average molecular weight is 307 g/mol. The van der Waals surface area contributed by atoms with Crippen LogP contribution < -0.4 is 0 Å². The van der Waals surface area contributed by atoms with Gasteiger partial charge in [0.25, 0.3) is 0 Å². The lowest BCUT2D eigenvalue weighted by atomic mass is 9.95. The summed E-state index contributed by atoms with van der Waals surface area (Å²) in [4.78, 5) is 22.5. The Morgan fingerprint density at radius 1 is 1.33 bits per heavy atom. The second kappa shape index (κ2) is 6.05. The molecule has 0 saturated carbocycles. The van der Waals surface area contributed by atoms with Crippen LogP contribution in [0.2, 0.25) is 0 Å². The zero-order valence-electron chi connectivity index (χ0n) is 13.3. The van der Waals surface area contributed by atoms with Crippen LogP contribution in [-0.4, -0.2) is 46.4 Å². The van der Waals surface area contributed by atoms with E-state index in [2.05, 4.69) is 28.6 Å². The molecule has 3 saturated heterocycles. The molecule has 4 heterocycles. The number of hydrogen-bond donors (Lipinski definition) is 0. The van der Waals surface area contributed by atoms with E-state index < -0.39 is 0 Å². The number of piperidine rings is 1. The van der Waals surface area contributed by atoms with Gasteiger partial charge in [-0.05, 0) is 32.1 Å². The predicted molar refractivity (Wildman–Crippen MR) is 85.4 cm³/mol. The third-order valence-electron chi connectivity index (χ3n) is 4.84. The summed E-state index contributed by atoms with van der Waals surface area (Å²) in [6.07, 6.45) is 3.52. The van der Waals surface area contributed by atoms with Gasteiger partial charge >= 0.3 is 0 Å². The second-order valence-corrected chi connectivity index (χ2v) is 7.69. The number of carbonyl (C=O) groups excluding carboxylic acids is 1. The Labute approximate surface area is 131 Å². The summed E-state index contributed by atoms with van der Waals surface area (Å²) in [5.41, 5.74) is 1.26. The first-order valence-corrected chi connectivity index (χ1v) is 8.83. The van der Waals surface area contributed by atoms with Crippen LogP contribution in [0.1, 0.15) is 42.3 Å². The molecule has 0 radical (unpaired) electrons. The highest BCUT2D eigenvalue weighted by atomic mass is 32.1. The minimum atomic E-state index is 0.233. The topological polar surface area (TPSA) is 36.4 Å². The molecule has 1 aromatic heterocycles. The minimum Gasteiger partial charge on any atom is -0.341 e. The van der Waals surface area contributed by atoms with E-state index in [0.717, 1.165) is 32.6 Å². The van der Waals surface area contributed by atoms with E-state index in [0.29, 0.717) is 12.0 Å². The van der Waals surface area contributed by atoms with Crippen molar-refractivity contribution in [1.82, 2.24) is 14.8 Å². The molecule has 0 spiro atoms. The maximum absolute atomic E-state index is 11.7. The summed E-state index contributed by atoms with van der Waals surface area (Å²) in [6.45, 7) is 9.99. The zero-order chi connectivity index (χ0) is 15.0. The molecule has 1 amide bonds. The lowest BCUT2D eigenvalue weighted by Crippen LogP contribution is -2.43. The van der Waals surface area contributed by atoms with Crippen molar-refractivity contribution in [3.8, 4) is 0 Å². The van der Waals surface area contributed by atoms with Crippen LogP contribution in [0.3, 0.4) is 0 Å². The van der Waals surface area contributed by atoms with Crippen molar-refractivity contribution in [2.45, 2.75) is 52.6 Å². The van der Waals surface area contributed by atoms with Crippen molar-refractivity contribution in [2.24, 2.45) is 5.92 Å². The number of aromatic nitrogens is 1. The smallest absolute Gasteiger partial charge is 0.219 e. The first-order valence-electron chi connectivity index (χ1n) is 8.01. The molecule has 2 bridgehead atoms. The van der Waals surface area contributed by atoms with Gasteiger partial charge in [0.2, 0.25) is 5.91 Å². The Bertz CT molecular complexity index is 528. The maximum Gasteiger partial charge on any atom is 0.219 e. The molecule has 5 heteroatoms. The highest BCUT2D eigenvalue weighted by Crippen LogP contribution is 2.31. The third kappa shape index (κ3) is 3.14. The molecule has 0 N–H and O–H groups in total. The molecule has 2 atom stereocenters. The molecule has 1 aromatic rings. The molecule has 0 aromatic carbocycles. The lowest BCUT2D eigenvalue weighted by Gasteiger charge is -2.35. The van der Waals surface area contributed by atoms with Gasteiger partial charge in [-0.1, -0.05) is 6.92 Å². The van der Waals surface area contributed by atoms with Gasteiger partial charge in [0, 0.05) is 44.0 Å². The Morgan fingerprint density at radius 2 is 2.14 bits per heavy atom. The highest BCUT2D eigenvalue weighted by molar-refractivity contribution is 7.11. The number of aryl methyl sites for hydroxylation is 2. The van der Waals surface area contributed by atoms with E-state index >= 15 is 0 Å². The molecule has 116 valence electrons. The molecule has 0 aliphatic carbocycles. The Hall–Kier alpha value is -0.940. The van der Waals surface area contributed by atoms with E-state index in [4.69, 9.17) is 0 Å². The normalized spacial score (nSPS) is 26.1. The molecule has 3 aliphatic rings. The SMILES string of the molecule is CCc1nc(C)sc1CN1C[C@H]2CC[C@@H]1CN(C(C)=O)C2. The van der Waals surface area contributed by atoms with Gasteiger partial charge < -0.3 is 4.90 Å². The van der Waals surface area contributed by atoms with Gasteiger partial charge in [-0.25, -0.2) is 4.98 Å². The molecule has 3 fully saturated rings. The standard InChI is InChI=1S/C16H25N3OS/c1-4-15-16(21-11(2)17-15)10-19-8-13-5-6-14(19)9-18(7-13)12(3)20/h13-14H,4-10H2,1-3H3/t13-,14+/m0/s1. The molecular weight excluding hydrogens is 282 g/mol. The Balaban J connectivity index is 1.76. The number of fused-ring (bicyclic) bond motifs is 4. The fourth-order valence-electron chi connectivity index (χ4n) is 3.73. The van der Waals surface area contributed by atoms with E-state index in [9.17, 15) is 4.79 Å². The average Bonchev–Trinajstić information content (AvgIpc) is 2.63. The molecule has 3 aliphatic heterocycles. The number of amides is 1. The minimum absolute atomic E-state index is 0.233. The number of nitrogens with zero attached hydrogens (tertiary/aromatic N) is 3. The van der Waals surface area contributed by atoms with Gasteiger partial charge in [-0.3, -0.25) is 9.69 Å². The lowest BCUT2D eigenvalue weighted by molar-refractivity contribution is -0.129. The van der Waals surface area contributed by atoms with Gasteiger partial charge in [-0.2, -0.15) is 0 Å². The Morgan fingerprint density at radius 3 is 2.86 bits per heavy atom.